The molecule has 1 fully saturated rings. The van der Waals surface area contributed by atoms with Gasteiger partial charge in [0.2, 0.25) is 0 Å². The van der Waals surface area contributed by atoms with E-state index in [4.69, 9.17) is 21.6 Å². The number of anilines is 1. The van der Waals surface area contributed by atoms with Crippen LogP contribution in [0.1, 0.15) is 5.56 Å². The standard InChI is InChI=1S/C11H9ClN2O2/c12-9-1-2-10(8(5-9)6-13)14-3-4-16-7-11(14)15/h1-2,5H,3-4,7H2. The third-order valence-corrected chi connectivity index (χ3v) is 2.59. The van der Waals surface area contributed by atoms with E-state index in [0.717, 1.165) is 0 Å². The van der Waals surface area contributed by atoms with Crippen molar-refractivity contribution < 1.29 is 9.53 Å². The van der Waals surface area contributed by atoms with Crippen molar-refractivity contribution >= 4 is 23.2 Å². The Balaban J connectivity index is 2.39. The molecule has 0 bridgehead atoms. The van der Waals surface area contributed by atoms with E-state index in [1.54, 1.807) is 23.1 Å². The SMILES string of the molecule is N#Cc1cc(Cl)ccc1N1CCOCC1=O. The van der Waals surface area contributed by atoms with E-state index in [1.807, 2.05) is 6.07 Å². The van der Waals surface area contributed by atoms with Crippen molar-refractivity contribution in [1.29, 1.82) is 5.26 Å². The van der Waals surface area contributed by atoms with Gasteiger partial charge in [0.1, 0.15) is 12.7 Å². The summed E-state index contributed by atoms with van der Waals surface area (Å²) < 4.78 is 5.03. The Kier molecular flexibility index (Phi) is 3.09. The zero-order valence-electron chi connectivity index (χ0n) is 8.44. The summed E-state index contributed by atoms with van der Waals surface area (Å²) in [7, 11) is 0. The van der Waals surface area contributed by atoms with Crippen LogP contribution in [0.5, 0.6) is 0 Å². The van der Waals surface area contributed by atoms with E-state index >= 15 is 0 Å². The van der Waals surface area contributed by atoms with E-state index in [2.05, 4.69) is 0 Å². The lowest BCUT2D eigenvalue weighted by Gasteiger charge is -2.27. The average Bonchev–Trinajstić information content (AvgIpc) is 2.30. The molecule has 4 nitrogen and oxygen atoms in total. The first-order valence-corrected chi connectivity index (χ1v) is 5.18. The number of rotatable bonds is 1. The van der Waals surface area contributed by atoms with Crippen molar-refractivity contribution in [2.24, 2.45) is 0 Å². The van der Waals surface area contributed by atoms with Crippen LogP contribution < -0.4 is 4.90 Å². The monoisotopic (exact) mass is 236 g/mol. The summed E-state index contributed by atoms with van der Waals surface area (Å²) in [4.78, 5) is 13.2. The van der Waals surface area contributed by atoms with Crippen LogP contribution in [0.4, 0.5) is 5.69 Å². The number of nitriles is 1. The zero-order chi connectivity index (χ0) is 11.5. The molecule has 82 valence electrons. The summed E-state index contributed by atoms with van der Waals surface area (Å²) in [5.74, 6) is -0.134. The third-order valence-electron chi connectivity index (χ3n) is 2.36. The van der Waals surface area contributed by atoms with Crippen molar-refractivity contribution in [2.45, 2.75) is 0 Å². The molecular weight excluding hydrogens is 228 g/mol. The number of carbonyl (C=O) groups is 1. The van der Waals surface area contributed by atoms with Crippen molar-refractivity contribution in [3.8, 4) is 6.07 Å². The van der Waals surface area contributed by atoms with Crippen LogP contribution in [0.2, 0.25) is 5.02 Å². The van der Waals surface area contributed by atoms with Gasteiger partial charge >= 0.3 is 0 Å². The second-order valence-electron chi connectivity index (χ2n) is 3.37. The van der Waals surface area contributed by atoms with Gasteiger partial charge in [-0.15, -0.1) is 0 Å². The third kappa shape index (κ3) is 2.01. The largest absolute Gasteiger partial charge is 0.370 e. The second-order valence-corrected chi connectivity index (χ2v) is 3.81. The molecule has 0 aliphatic carbocycles. The molecule has 1 aliphatic heterocycles. The number of amides is 1. The predicted molar refractivity (Wildman–Crippen MR) is 59.3 cm³/mol. The summed E-state index contributed by atoms with van der Waals surface area (Å²) in [6.07, 6.45) is 0. The van der Waals surface area contributed by atoms with Gasteiger partial charge in [-0.2, -0.15) is 5.26 Å². The first-order valence-electron chi connectivity index (χ1n) is 4.80. The molecule has 0 unspecified atom stereocenters. The van der Waals surface area contributed by atoms with Gasteiger partial charge in [-0.3, -0.25) is 4.79 Å². The number of hydrogen-bond donors (Lipinski definition) is 0. The predicted octanol–water partition coefficient (Wildman–Crippen LogP) is 1.57. The van der Waals surface area contributed by atoms with Crippen LogP contribution in [0.25, 0.3) is 0 Å². The van der Waals surface area contributed by atoms with Gasteiger partial charge in [-0.05, 0) is 18.2 Å². The maximum absolute atomic E-state index is 11.6. The number of morpholine rings is 1. The van der Waals surface area contributed by atoms with Crippen LogP contribution in [-0.2, 0) is 9.53 Å². The molecule has 2 rings (SSSR count). The van der Waals surface area contributed by atoms with Crippen molar-refractivity contribution in [3.63, 3.8) is 0 Å². The molecule has 1 amide bonds. The van der Waals surface area contributed by atoms with Crippen LogP contribution in [-0.4, -0.2) is 25.7 Å². The van der Waals surface area contributed by atoms with Crippen LogP contribution >= 0.6 is 11.6 Å². The molecule has 0 atom stereocenters. The Labute approximate surface area is 98.0 Å². The fourth-order valence-electron chi connectivity index (χ4n) is 1.61. The molecule has 0 N–H and O–H groups in total. The Morgan fingerprint density at radius 3 is 3.00 bits per heavy atom. The molecule has 1 heterocycles. The van der Waals surface area contributed by atoms with E-state index in [1.165, 1.54) is 0 Å². The summed E-state index contributed by atoms with van der Waals surface area (Å²) in [6.45, 7) is 1.02. The lowest BCUT2D eigenvalue weighted by molar-refractivity contribution is -0.125. The quantitative estimate of drug-likeness (QED) is 0.744. The van der Waals surface area contributed by atoms with Gasteiger partial charge in [0.25, 0.3) is 5.91 Å². The molecule has 1 aromatic rings. The average molecular weight is 237 g/mol. The molecule has 1 saturated heterocycles. The van der Waals surface area contributed by atoms with Gasteiger partial charge in [0.15, 0.2) is 0 Å². The second kappa shape index (κ2) is 4.52. The maximum Gasteiger partial charge on any atom is 0.253 e. The number of ether oxygens (including phenoxy) is 1. The molecular formula is C11H9ClN2O2. The Hall–Kier alpha value is -1.57. The van der Waals surface area contributed by atoms with Crippen molar-refractivity contribution in [2.75, 3.05) is 24.7 Å². The van der Waals surface area contributed by atoms with Gasteiger partial charge in [0.05, 0.1) is 17.9 Å². The Bertz CT molecular complexity index is 468. The molecule has 1 aliphatic rings. The number of benzene rings is 1. The van der Waals surface area contributed by atoms with Crippen LogP contribution in [0.3, 0.4) is 0 Å². The lowest BCUT2D eigenvalue weighted by atomic mass is 10.1. The highest BCUT2D eigenvalue weighted by molar-refractivity contribution is 6.30. The summed E-state index contributed by atoms with van der Waals surface area (Å²) >= 11 is 5.79. The zero-order valence-corrected chi connectivity index (χ0v) is 9.20. The van der Waals surface area contributed by atoms with Crippen LogP contribution in [0.15, 0.2) is 18.2 Å². The first kappa shape index (κ1) is 10.9. The van der Waals surface area contributed by atoms with Gasteiger partial charge in [-0.25, -0.2) is 0 Å². The minimum absolute atomic E-state index is 0.0630. The highest BCUT2D eigenvalue weighted by Crippen LogP contribution is 2.24. The minimum Gasteiger partial charge on any atom is -0.370 e. The molecule has 0 aromatic heterocycles. The molecule has 0 spiro atoms. The topological polar surface area (TPSA) is 53.3 Å². The Morgan fingerprint density at radius 2 is 2.31 bits per heavy atom. The van der Waals surface area contributed by atoms with E-state index in [0.29, 0.717) is 29.4 Å². The van der Waals surface area contributed by atoms with Crippen LogP contribution in [0, 0.1) is 11.3 Å². The van der Waals surface area contributed by atoms with Crippen molar-refractivity contribution in [1.82, 2.24) is 0 Å². The molecule has 0 saturated carbocycles. The minimum atomic E-state index is -0.134. The number of halogens is 1. The summed E-state index contributed by atoms with van der Waals surface area (Å²) in [6, 6.07) is 6.94. The maximum atomic E-state index is 11.6. The summed E-state index contributed by atoms with van der Waals surface area (Å²) in [5, 5.41) is 9.47. The molecule has 1 aromatic carbocycles. The van der Waals surface area contributed by atoms with Gasteiger partial charge < -0.3 is 9.64 Å². The van der Waals surface area contributed by atoms with E-state index < -0.39 is 0 Å². The summed E-state index contributed by atoms with van der Waals surface area (Å²) in [5.41, 5.74) is 1.00. The van der Waals surface area contributed by atoms with E-state index in [-0.39, 0.29) is 12.5 Å². The van der Waals surface area contributed by atoms with Crippen molar-refractivity contribution in [3.05, 3.63) is 28.8 Å². The van der Waals surface area contributed by atoms with E-state index in [9.17, 15) is 4.79 Å². The highest BCUT2D eigenvalue weighted by Gasteiger charge is 2.22. The number of carbonyl (C=O) groups excluding carboxylic acids is 1. The normalized spacial score (nSPS) is 16.0. The molecule has 16 heavy (non-hydrogen) atoms. The fraction of sp³-hybridized carbons (Fsp3) is 0.273. The Morgan fingerprint density at radius 1 is 1.50 bits per heavy atom. The smallest absolute Gasteiger partial charge is 0.253 e. The molecule has 5 heteroatoms. The first-order chi connectivity index (χ1) is 7.72. The van der Waals surface area contributed by atoms with Gasteiger partial charge in [0, 0.05) is 11.6 Å². The molecule has 0 radical (unpaired) electrons. The fourth-order valence-corrected chi connectivity index (χ4v) is 1.78. The van der Waals surface area contributed by atoms with Gasteiger partial charge in [-0.1, -0.05) is 11.6 Å². The highest BCUT2D eigenvalue weighted by atomic mass is 35.5. The number of hydrogen-bond acceptors (Lipinski definition) is 3. The number of nitrogens with zero attached hydrogens (tertiary/aromatic N) is 2. The lowest BCUT2D eigenvalue weighted by Crippen LogP contribution is -2.42.